The smallest absolute Gasteiger partial charge is 0.305 e. The van der Waals surface area contributed by atoms with Crippen LogP contribution in [0.5, 0.6) is 0 Å². The minimum atomic E-state index is -1.76. The van der Waals surface area contributed by atoms with Gasteiger partial charge in [0.25, 0.3) is 11.5 Å². The third-order valence-corrected chi connectivity index (χ3v) is 5.97. The van der Waals surface area contributed by atoms with Crippen LogP contribution in [-0.4, -0.2) is 46.1 Å². The Hall–Kier alpha value is -4.12. The van der Waals surface area contributed by atoms with Gasteiger partial charge in [0.15, 0.2) is 5.78 Å². The summed E-state index contributed by atoms with van der Waals surface area (Å²) in [7, 11) is 0. The molecule has 1 aromatic carbocycles. The molecule has 2 amide bonds. The van der Waals surface area contributed by atoms with E-state index in [2.05, 4.69) is 5.32 Å². The van der Waals surface area contributed by atoms with Crippen molar-refractivity contribution in [2.45, 2.75) is 25.3 Å². The molecule has 0 aliphatic rings. The summed E-state index contributed by atoms with van der Waals surface area (Å²) >= 11 is 1.40. The number of benzene rings is 1. The Morgan fingerprint density at radius 2 is 1.80 bits per heavy atom. The van der Waals surface area contributed by atoms with Gasteiger partial charge in [-0.1, -0.05) is 24.3 Å². The second kappa shape index (κ2) is 11.8. The fourth-order valence-corrected chi connectivity index (χ4v) is 4.08. The molecule has 0 aliphatic carbocycles. The van der Waals surface area contributed by atoms with Gasteiger partial charge in [0.1, 0.15) is 18.4 Å². The molecule has 11 heteroatoms. The van der Waals surface area contributed by atoms with Gasteiger partial charge in [0.05, 0.1) is 6.42 Å². The first kappa shape index (κ1) is 25.5. The lowest BCUT2D eigenvalue weighted by Gasteiger charge is -2.31. The standard InChI is InChI=1S/C24H22FN3O6S/c25-15-20(29)19(14-22(31)32)28(21(30)11-10-17-8-5-13-35-17)27-12-4-9-18(24(27)34)26-23(33)16-6-2-1-3-7-16/h1-9,12-13,19H,10-11,14-15H2,(H,26,33)(H,31,32)/t19-/m1/s1. The number of ketones is 1. The number of hydrogen-bond acceptors (Lipinski definition) is 6. The summed E-state index contributed by atoms with van der Waals surface area (Å²) in [5.41, 5.74) is -0.815. The van der Waals surface area contributed by atoms with Gasteiger partial charge in [-0.15, -0.1) is 11.3 Å². The number of carbonyl (C=O) groups excluding carboxylic acids is 3. The van der Waals surface area contributed by atoms with Crippen LogP contribution >= 0.6 is 11.3 Å². The lowest BCUT2D eigenvalue weighted by Crippen LogP contribution is -2.56. The van der Waals surface area contributed by atoms with E-state index in [-0.39, 0.29) is 24.1 Å². The highest BCUT2D eigenvalue weighted by atomic mass is 32.1. The molecule has 182 valence electrons. The van der Waals surface area contributed by atoms with Crippen molar-refractivity contribution in [3.63, 3.8) is 0 Å². The number of thiophene rings is 1. The summed E-state index contributed by atoms with van der Waals surface area (Å²) < 4.78 is 14.1. The molecule has 2 aromatic heterocycles. The Morgan fingerprint density at radius 1 is 1.06 bits per heavy atom. The lowest BCUT2D eigenvalue weighted by molar-refractivity contribution is -0.140. The van der Waals surface area contributed by atoms with Crippen LogP contribution < -0.4 is 15.9 Å². The van der Waals surface area contributed by atoms with Crippen molar-refractivity contribution in [3.05, 3.63) is 87.0 Å². The average Bonchev–Trinajstić information content (AvgIpc) is 3.38. The summed E-state index contributed by atoms with van der Waals surface area (Å²) in [6.45, 7) is -1.52. The summed E-state index contributed by atoms with van der Waals surface area (Å²) in [4.78, 5) is 63.6. The van der Waals surface area contributed by atoms with Crippen LogP contribution in [0.2, 0.25) is 0 Å². The highest BCUT2D eigenvalue weighted by Gasteiger charge is 2.34. The molecule has 0 aliphatic heterocycles. The van der Waals surface area contributed by atoms with E-state index in [9.17, 15) is 33.5 Å². The lowest BCUT2D eigenvalue weighted by atomic mass is 10.1. The maximum absolute atomic E-state index is 13.4. The topological polar surface area (TPSA) is 126 Å². The van der Waals surface area contributed by atoms with Crippen LogP contribution in [0.3, 0.4) is 0 Å². The third kappa shape index (κ3) is 6.48. The molecule has 0 spiro atoms. The molecule has 0 saturated carbocycles. The molecule has 3 aromatic rings. The molecule has 35 heavy (non-hydrogen) atoms. The molecule has 3 rings (SSSR count). The molecule has 0 bridgehead atoms. The van der Waals surface area contributed by atoms with Crippen molar-refractivity contribution in [1.82, 2.24) is 4.68 Å². The first-order valence-corrected chi connectivity index (χ1v) is 11.4. The van der Waals surface area contributed by atoms with Crippen LogP contribution in [-0.2, 0) is 20.8 Å². The molecule has 1 atom stereocenters. The number of nitrogens with zero attached hydrogens (tertiary/aromatic N) is 2. The van der Waals surface area contributed by atoms with Gasteiger partial charge in [0.2, 0.25) is 5.91 Å². The molecule has 9 nitrogen and oxygen atoms in total. The Kier molecular flexibility index (Phi) is 8.63. The zero-order valence-electron chi connectivity index (χ0n) is 18.4. The van der Waals surface area contributed by atoms with E-state index in [0.29, 0.717) is 5.01 Å². The number of alkyl halides is 1. The highest BCUT2D eigenvalue weighted by Crippen LogP contribution is 2.15. The summed E-state index contributed by atoms with van der Waals surface area (Å²) in [5.74, 6) is -3.95. The number of halogens is 1. The predicted octanol–water partition coefficient (Wildman–Crippen LogP) is 2.64. The van der Waals surface area contributed by atoms with E-state index < -0.39 is 48.3 Å². The van der Waals surface area contributed by atoms with Crippen molar-refractivity contribution >= 4 is 40.6 Å². The third-order valence-electron chi connectivity index (χ3n) is 5.03. The van der Waals surface area contributed by atoms with Gasteiger partial charge in [0, 0.05) is 23.1 Å². The Balaban J connectivity index is 1.99. The molecule has 0 saturated heterocycles. The number of aliphatic carboxylic acids is 1. The second-order valence-electron chi connectivity index (χ2n) is 7.42. The highest BCUT2D eigenvalue weighted by molar-refractivity contribution is 7.09. The number of amides is 2. The van der Waals surface area contributed by atoms with Crippen LogP contribution in [0.4, 0.5) is 10.1 Å². The SMILES string of the molecule is O=C(O)C[C@H](C(=O)CF)N(C(=O)CCc1cccs1)n1cccc(NC(=O)c2ccccc2)c1=O. The van der Waals surface area contributed by atoms with E-state index in [0.717, 1.165) is 15.8 Å². The molecule has 0 radical (unpaired) electrons. The quantitative estimate of drug-likeness (QED) is 0.418. The number of nitrogens with one attached hydrogen (secondary N) is 1. The molecule has 2 N–H and O–H groups in total. The van der Waals surface area contributed by atoms with Crippen molar-refractivity contribution in [1.29, 1.82) is 0 Å². The van der Waals surface area contributed by atoms with Crippen molar-refractivity contribution in [2.75, 3.05) is 17.0 Å². The van der Waals surface area contributed by atoms with Gasteiger partial charge in [-0.2, -0.15) is 0 Å². The molecule has 0 fully saturated rings. The Labute approximate surface area is 203 Å². The summed E-state index contributed by atoms with van der Waals surface area (Å²) in [6, 6.07) is 12.6. The normalized spacial score (nSPS) is 11.5. The van der Waals surface area contributed by atoms with Crippen LogP contribution in [0.15, 0.2) is 71.0 Å². The van der Waals surface area contributed by atoms with Crippen molar-refractivity contribution < 1.29 is 28.7 Å². The van der Waals surface area contributed by atoms with Gasteiger partial charge >= 0.3 is 5.97 Å². The first-order valence-electron chi connectivity index (χ1n) is 10.5. The largest absolute Gasteiger partial charge is 0.481 e. The number of hydrogen-bond donors (Lipinski definition) is 2. The molecular formula is C24H22FN3O6S. The number of Topliss-reactive ketones (excluding diaryl/α,β-unsaturated/α-hetero) is 1. The second-order valence-corrected chi connectivity index (χ2v) is 8.46. The monoisotopic (exact) mass is 499 g/mol. The fourth-order valence-electron chi connectivity index (χ4n) is 3.37. The number of rotatable bonds is 11. The van der Waals surface area contributed by atoms with Crippen molar-refractivity contribution in [2.24, 2.45) is 0 Å². The van der Waals surface area contributed by atoms with E-state index >= 15 is 0 Å². The van der Waals surface area contributed by atoms with Crippen LogP contribution in [0.25, 0.3) is 0 Å². The first-order chi connectivity index (χ1) is 16.8. The number of carboxylic acid groups (broad SMARTS) is 1. The van der Waals surface area contributed by atoms with E-state index in [4.69, 9.17) is 0 Å². The van der Waals surface area contributed by atoms with E-state index in [1.54, 1.807) is 42.5 Å². The number of aromatic nitrogens is 1. The maximum Gasteiger partial charge on any atom is 0.305 e. The summed E-state index contributed by atoms with van der Waals surface area (Å²) in [5, 5.41) is 14.2. The fraction of sp³-hybridized carbons (Fsp3) is 0.208. The zero-order valence-corrected chi connectivity index (χ0v) is 19.2. The maximum atomic E-state index is 13.4. The van der Waals surface area contributed by atoms with Crippen LogP contribution in [0, 0.1) is 0 Å². The number of carbonyl (C=O) groups is 4. The van der Waals surface area contributed by atoms with Crippen molar-refractivity contribution in [3.8, 4) is 0 Å². The predicted molar refractivity (Wildman–Crippen MR) is 128 cm³/mol. The van der Waals surface area contributed by atoms with E-state index in [1.807, 2.05) is 5.38 Å². The van der Waals surface area contributed by atoms with Gasteiger partial charge in [-0.3, -0.25) is 24.0 Å². The Morgan fingerprint density at radius 3 is 2.43 bits per heavy atom. The van der Waals surface area contributed by atoms with Crippen LogP contribution in [0.1, 0.15) is 28.1 Å². The summed E-state index contributed by atoms with van der Waals surface area (Å²) in [6.07, 6.45) is 0.365. The minimum absolute atomic E-state index is 0.163. The van der Waals surface area contributed by atoms with E-state index in [1.165, 1.54) is 23.5 Å². The number of aryl methyl sites for hydroxylation is 1. The number of anilines is 1. The Bertz CT molecular complexity index is 1260. The molecular weight excluding hydrogens is 477 g/mol. The van der Waals surface area contributed by atoms with Gasteiger partial charge < -0.3 is 10.4 Å². The average molecular weight is 500 g/mol. The number of carboxylic acids is 1. The molecule has 2 heterocycles. The van der Waals surface area contributed by atoms with Gasteiger partial charge in [-0.05, 0) is 42.1 Å². The van der Waals surface area contributed by atoms with Gasteiger partial charge in [-0.25, -0.2) is 14.1 Å². The zero-order chi connectivity index (χ0) is 25.4. The molecule has 0 unspecified atom stereocenters. The minimum Gasteiger partial charge on any atom is -0.481 e. The number of pyridine rings is 1.